The highest BCUT2D eigenvalue weighted by Gasteiger charge is 2.29. The van der Waals surface area contributed by atoms with E-state index >= 15 is 0 Å². The molecule has 0 aliphatic carbocycles. The average molecular weight is 309 g/mol. The number of aromatic nitrogens is 1. The number of nitrogens with zero attached hydrogens (tertiary/aromatic N) is 3. The summed E-state index contributed by atoms with van der Waals surface area (Å²) in [7, 11) is 0. The summed E-state index contributed by atoms with van der Waals surface area (Å²) in [6, 6.07) is 3.69. The first-order valence-corrected chi connectivity index (χ1v) is 7.98. The van der Waals surface area contributed by atoms with E-state index in [0.29, 0.717) is 10.9 Å². The zero-order chi connectivity index (χ0) is 14.7. The molecule has 0 saturated carbocycles. The maximum atomic E-state index is 12.5. The number of nitrogens with one attached hydrogen (secondary N) is 1. The second-order valence-electron chi connectivity index (χ2n) is 5.65. The number of amides is 1. The van der Waals surface area contributed by atoms with Gasteiger partial charge in [-0.15, -0.1) is 0 Å². The monoisotopic (exact) mass is 308 g/mol. The molecule has 0 radical (unpaired) electrons. The number of piperidine rings is 1. The molecule has 2 aliphatic rings. The van der Waals surface area contributed by atoms with E-state index in [1.807, 2.05) is 17.0 Å². The number of pyridine rings is 1. The van der Waals surface area contributed by atoms with Crippen LogP contribution in [0.25, 0.3) is 0 Å². The van der Waals surface area contributed by atoms with Crippen LogP contribution in [-0.2, 0) is 4.79 Å². The molecule has 5 nitrogen and oxygen atoms in total. The van der Waals surface area contributed by atoms with Gasteiger partial charge in [-0.2, -0.15) is 0 Å². The third-order valence-electron chi connectivity index (χ3n) is 4.32. The maximum absolute atomic E-state index is 12.5. The van der Waals surface area contributed by atoms with E-state index in [1.54, 1.807) is 6.20 Å². The van der Waals surface area contributed by atoms with Crippen molar-refractivity contribution in [3.8, 4) is 0 Å². The van der Waals surface area contributed by atoms with Crippen molar-refractivity contribution < 1.29 is 4.79 Å². The molecule has 0 atom stereocenters. The third kappa shape index (κ3) is 3.30. The zero-order valence-corrected chi connectivity index (χ0v) is 12.9. The van der Waals surface area contributed by atoms with Gasteiger partial charge < -0.3 is 15.1 Å². The van der Waals surface area contributed by atoms with E-state index in [9.17, 15) is 4.79 Å². The van der Waals surface area contributed by atoms with E-state index < -0.39 is 0 Å². The Morgan fingerprint density at radius 2 is 1.95 bits per heavy atom. The Balaban J connectivity index is 1.57. The van der Waals surface area contributed by atoms with Gasteiger partial charge in [0.05, 0.1) is 5.02 Å². The standard InChI is InChI=1S/C15H21ClN4O/c16-13-2-1-5-18-14(13)19-8-10-20(11-9-19)15(21)12-3-6-17-7-4-12/h1-2,5,12,17H,3-4,6-11H2. The summed E-state index contributed by atoms with van der Waals surface area (Å²) >= 11 is 6.19. The molecule has 21 heavy (non-hydrogen) atoms. The van der Waals surface area contributed by atoms with Crippen LogP contribution in [0.2, 0.25) is 5.02 Å². The summed E-state index contributed by atoms with van der Waals surface area (Å²) in [6.45, 7) is 5.03. The van der Waals surface area contributed by atoms with Crippen LogP contribution in [-0.4, -0.2) is 55.1 Å². The van der Waals surface area contributed by atoms with Crippen LogP contribution < -0.4 is 10.2 Å². The van der Waals surface area contributed by atoms with E-state index in [-0.39, 0.29) is 5.92 Å². The van der Waals surface area contributed by atoms with Crippen LogP contribution in [0.5, 0.6) is 0 Å². The Hall–Kier alpha value is -1.33. The molecule has 114 valence electrons. The fraction of sp³-hybridized carbons (Fsp3) is 0.600. The quantitative estimate of drug-likeness (QED) is 0.897. The molecule has 0 bridgehead atoms. The number of hydrogen-bond donors (Lipinski definition) is 1. The summed E-state index contributed by atoms with van der Waals surface area (Å²) in [4.78, 5) is 21.0. The van der Waals surface area contributed by atoms with Crippen molar-refractivity contribution in [1.29, 1.82) is 0 Å². The first-order valence-electron chi connectivity index (χ1n) is 7.60. The van der Waals surface area contributed by atoms with Crippen molar-refractivity contribution in [2.75, 3.05) is 44.2 Å². The van der Waals surface area contributed by atoms with Crippen molar-refractivity contribution >= 4 is 23.3 Å². The van der Waals surface area contributed by atoms with E-state index in [0.717, 1.165) is 57.9 Å². The SMILES string of the molecule is O=C(C1CCNCC1)N1CCN(c2ncccc2Cl)CC1. The number of anilines is 1. The topological polar surface area (TPSA) is 48.5 Å². The van der Waals surface area contributed by atoms with Crippen LogP contribution in [0.3, 0.4) is 0 Å². The molecule has 6 heteroatoms. The van der Waals surface area contributed by atoms with Gasteiger partial charge in [0.1, 0.15) is 5.82 Å². The minimum atomic E-state index is 0.205. The van der Waals surface area contributed by atoms with Gasteiger partial charge in [-0.05, 0) is 38.1 Å². The van der Waals surface area contributed by atoms with Crippen LogP contribution in [0, 0.1) is 5.92 Å². The lowest BCUT2D eigenvalue weighted by Gasteiger charge is -2.37. The fourth-order valence-electron chi connectivity index (χ4n) is 3.08. The normalized spacial score (nSPS) is 20.6. The van der Waals surface area contributed by atoms with E-state index in [2.05, 4.69) is 15.2 Å². The molecule has 1 aromatic rings. The molecule has 2 saturated heterocycles. The van der Waals surface area contributed by atoms with Crippen LogP contribution in [0.15, 0.2) is 18.3 Å². The predicted octanol–water partition coefficient (Wildman–Crippen LogP) is 1.38. The second kappa shape index (κ2) is 6.62. The highest BCUT2D eigenvalue weighted by Crippen LogP contribution is 2.24. The fourth-order valence-corrected chi connectivity index (χ4v) is 3.32. The van der Waals surface area contributed by atoms with Gasteiger partial charge in [0.15, 0.2) is 0 Å². The summed E-state index contributed by atoms with van der Waals surface area (Å²) in [5.41, 5.74) is 0. The zero-order valence-electron chi connectivity index (χ0n) is 12.1. The number of carbonyl (C=O) groups excluding carboxylic acids is 1. The van der Waals surface area contributed by atoms with Crippen LogP contribution >= 0.6 is 11.6 Å². The van der Waals surface area contributed by atoms with Gasteiger partial charge in [-0.1, -0.05) is 11.6 Å². The predicted molar refractivity (Wildman–Crippen MR) is 83.6 cm³/mol. The molecule has 3 rings (SSSR count). The number of halogens is 1. The van der Waals surface area contributed by atoms with Crippen molar-refractivity contribution in [3.05, 3.63) is 23.4 Å². The molecule has 1 N–H and O–H groups in total. The second-order valence-corrected chi connectivity index (χ2v) is 6.05. The lowest BCUT2D eigenvalue weighted by molar-refractivity contribution is -0.136. The molecule has 3 heterocycles. The minimum Gasteiger partial charge on any atom is -0.352 e. The van der Waals surface area contributed by atoms with Gasteiger partial charge in [0.25, 0.3) is 0 Å². The first-order chi connectivity index (χ1) is 10.3. The molecule has 0 unspecified atom stereocenters. The lowest BCUT2D eigenvalue weighted by Crippen LogP contribution is -2.51. The molecule has 0 spiro atoms. The summed E-state index contributed by atoms with van der Waals surface area (Å²) in [5, 5.41) is 3.98. The summed E-state index contributed by atoms with van der Waals surface area (Å²) in [6.07, 6.45) is 3.68. The molecule has 2 aliphatic heterocycles. The Morgan fingerprint density at radius 1 is 1.24 bits per heavy atom. The Kier molecular flexibility index (Phi) is 4.60. The maximum Gasteiger partial charge on any atom is 0.225 e. The first kappa shape index (κ1) is 14.6. The Labute approximate surface area is 130 Å². The van der Waals surface area contributed by atoms with Crippen molar-refractivity contribution in [2.45, 2.75) is 12.8 Å². The molecule has 0 aromatic carbocycles. The van der Waals surface area contributed by atoms with Gasteiger partial charge in [0.2, 0.25) is 5.91 Å². The smallest absolute Gasteiger partial charge is 0.225 e. The molecule has 1 amide bonds. The van der Waals surface area contributed by atoms with Crippen LogP contribution in [0.4, 0.5) is 5.82 Å². The van der Waals surface area contributed by atoms with E-state index in [4.69, 9.17) is 11.6 Å². The highest BCUT2D eigenvalue weighted by molar-refractivity contribution is 6.32. The number of piperazine rings is 1. The number of carbonyl (C=O) groups is 1. The van der Waals surface area contributed by atoms with E-state index in [1.165, 1.54) is 0 Å². The van der Waals surface area contributed by atoms with Gasteiger partial charge in [0, 0.05) is 38.3 Å². The highest BCUT2D eigenvalue weighted by atomic mass is 35.5. The Morgan fingerprint density at radius 3 is 2.62 bits per heavy atom. The van der Waals surface area contributed by atoms with Gasteiger partial charge in [-0.25, -0.2) is 4.98 Å². The van der Waals surface area contributed by atoms with Crippen molar-refractivity contribution in [2.24, 2.45) is 5.92 Å². The number of rotatable bonds is 2. The minimum absolute atomic E-state index is 0.205. The summed E-state index contributed by atoms with van der Waals surface area (Å²) in [5.74, 6) is 1.35. The molecular formula is C15H21ClN4O. The van der Waals surface area contributed by atoms with Crippen molar-refractivity contribution in [1.82, 2.24) is 15.2 Å². The Bertz CT molecular complexity index is 496. The average Bonchev–Trinajstić information content (AvgIpc) is 2.56. The van der Waals surface area contributed by atoms with Crippen LogP contribution in [0.1, 0.15) is 12.8 Å². The largest absolute Gasteiger partial charge is 0.352 e. The van der Waals surface area contributed by atoms with Gasteiger partial charge >= 0.3 is 0 Å². The van der Waals surface area contributed by atoms with Crippen molar-refractivity contribution in [3.63, 3.8) is 0 Å². The lowest BCUT2D eigenvalue weighted by atomic mass is 9.96. The molecular weight excluding hydrogens is 288 g/mol. The third-order valence-corrected chi connectivity index (χ3v) is 4.61. The van der Waals surface area contributed by atoms with Gasteiger partial charge in [-0.3, -0.25) is 4.79 Å². The molecule has 1 aromatic heterocycles. The summed E-state index contributed by atoms with van der Waals surface area (Å²) < 4.78 is 0. The number of hydrogen-bond acceptors (Lipinski definition) is 4. The molecule has 2 fully saturated rings.